The van der Waals surface area contributed by atoms with Crippen molar-refractivity contribution in [3.8, 4) is 0 Å². The zero-order valence-corrected chi connectivity index (χ0v) is 11.3. The van der Waals surface area contributed by atoms with Crippen molar-refractivity contribution in [2.45, 2.75) is 37.5 Å². The third-order valence-electron chi connectivity index (χ3n) is 3.86. The monoisotopic (exact) mass is 285 g/mol. The molecule has 2 rings (SSSR count). The summed E-state index contributed by atoms with van der Waals surface area (Å²) in [5.41, 5.74) is 0. The molecule has 3 amide bonds. The van der Waals surface area contributed by atoms with Crippen LogP contribution in [0.4, 0.5) is 4.79 Å². The first-order valence-electron chi connectivity index (χ1n) is 6.65. The molecule has 0 radical (unpaired) electrons. The van der Waals surface area contributed by atoms with Gasteiger partial charge >= 0.3 is 12.0 Å². The van der Waals surface area contributed by atoms with Gasteiger partial charge in [0.15, 0.2) is 0 Å². The Balaban J connectivity index is 2.13. The molecule has 2 fully saturated rings. The molecule has 3 N–H and O–H groups in total. The van der Waals surface area contributed by atoms with Gasteiger partial charge in [0.25, 0.3) is 0 Å². The number of nitrogens with one attached hydrogen (secondary N) is 1. The van der Waals surface area contributed by atoms with Crippen LogP contribution in [0.3, 0.4) is 0 Å². The fourth-order valence-electron chi connectivity index (χ4n) is 2.86. The second-order valence-electron chi connectivity index (χ2n) is 5.14. The molecule has 0 aromatic rings. The van der Waals surface area contributed by atoms with Crippen molar-refractivity contribution in [1.82, 2.24) is 15.1 Å². The number of carbonyl (C=O) groups is 3. The highest BCUT2D eigenvalue weighted by atomic mass is 16.4. The van der Waals surface area contributed by atoms with Gasteiger partial charge in [-0.25, -0.2) is 9.59 Å². The predicted molar refractivity (Wildman–Crippen MR) is 67.9 cm³/mol. The van der Waals surface area contributed by atoms with Gasteiger partial charge in [-0.3, -0.25) is 4.79 Å². The van der Waals surface area contributed by atoms with Crippen molar-refractivity contribution in [3.63, 3.8) is 0 Å². The van der Waals surface area contributed by atoms with E-state index in [0.717, 1.165) is 4.90 Å². The smallest absolute Gasteiger partial charge is 0.326 e. The number of aliphatic carboxylic acids is 1. The maximum Gasteiger partial charge on any atom is 0.326 e. The maximum atomic E-state index is 12.4. The number of carboxylic acids is 1. The molecule has 0 saturated carbocycles. The fraction of sp³-hybridized carbons (Fsp3) is 0.750. The highest BCUT2D eigenvalue weighted by molar-refractivity contribution is 5.89. The van der Waals surface area contributed by atoms with Gasteiger partial charge in [0.2, 0.25) is 5.91 Å². The molecule has 112 valence electrons. The van der Waals surface area contributed by atoms with E-state index in [2.05, 4.69) is 5.32 Å². The fourth-order valence-corrected chi connectivity index (χ4v) is 2.86. The average Bonchev–Trinajstić information content (AvgIpc) is 3.03. The zero-order chi connectivity index (χ0) is 14.9. The number of carbonyl (C=O) groups excluding carboxylic acids is 2. The predicted octanol–water partition coefficient (Wildman–Crippen LogP) is -1.16. The number of β-amino-alcohol motifs (C(OH)–C–C–N with tert-alkyl or cyclic N) is 1. The Bertz CT molecular complexity index is 427. The van der Waals surface area contributed by atoms with Crippen molar-refractivity contribution >= 4 is 17.9 Å². The van der Waals surface area contributed by atoms with Crippen molar-refractivity contribution in [2.24, 2.45) is 0 Å². The van der Waals surface area contributed by atoms with E-state index < -0.39 is 30.2 Å². The lowest BCUT2D eigenvalue weighted by atomic mass is 10.2. The van der Waals surface area contributed by atoms with E-state index >= 15 is 0 Å². The van der Waals surface area contributed by atoms with Gasteiger partial charge in [0, 0.05) is 26.6 Å². The molecule has 2 saturated heterocycles. The van der Waals surface area contributed by atoms with E-state index in [0.29, 0.717) is 19.4 Å². The molecule has 0 spiro atoms. The van der Waals surface area contributed by atoms with Crippen LogP contribution in [-0.2, 0) is 9.59 Å². The van der Waals surface area contributed by atoms with Gasteiger partial charge in [0.1, 0.15) is 12.1 Å². The molecule has 2 aliphatic rings. The lowest BCUT2D eigenvalue weighted by molar-refractivity contribution is -0.141. The SMILES string of the molecule is CNC(=O)C1CCCN1C(=O)N1C[C@H](O)C[C@H]1C(=O)O. The van der Waals surface area contributed by atoms with E-state index in [1.165, 1.54) is 11.9 Å². The molecule has 20 heavy (non-hydrogen) atoms. The Morgan fingerprint density at radius 2 is 1.90 bits per heavy atom. The minimum Gasteiger partial charge on any atom is -0.480 e. The summed E-state index contributed by atoms with van der Waals surface area (Å²) >= 11 is 0. The molecule has 1 unspecified atom stereocenters. The zero-order valence-electron chi connectivity index (χ0n) is 11.3. The molecule has 2 aliphatic heterocycles. The normalized spacial score (nSPS) is 29.6. The Morgan fingerprint density at radius 3 is 2.50 bits per heavy atom. The summed E-state index contributed by atoms with van der Waals surface area (Å²) in [4.78, 5) is 37.9. The number of nitrogens with zero attached hydrogens (tertiary/aromatic N) is 2. The summed E-state index contributed by atoms with van der Waals surface area (Å²) in [6, 6.07) is -2.07. The molecule has 0 aromatic carbocycles. The van der Waals surface area contributed by atoms with E-state index in [4.69, 9.17) is 5.11 Å². The minimum absolute atomic E-state index is 0.00718. The number of likely N-dealkylation sites (tertiary alicyclic amines) is 2. The van der Waals surface area contributed by atoms with Crippen molar-refractivity contribution in [3.05, 3.63) is 0 Å². The van der Waals surface area contributed by atoms with Crippen LogP contribution in [0.25, 0.3) is 0 Å². The molecule has 0 aliphatic carbocycles. The van der Waals surface area contributed by atoms with Crippen LogP contribution < -0.4 is 5.32 Å². The molecule has 0 aromatic heterocycles. The number of hydrogen-bond acceptors (Lipinski definition) is 4. The highest BCUT2D eigenvalue weighted by Gasteiger charge is 2.44. The van der Waals surface area contributed by atoms with E-state index in [1.54, 1.807) is 0 Å². The van der Waals surface area contributed by atoms with Gasteiger partial charge in [-0.2, -0.15) is 0 Å². The van der Waals surface area contributed by atoms with Crippen molar-refractivity contribution < 1.29 is 24.6 Å². The van der Waals surface area contributed by atoms with Gasteiger partial charge in [0.05, 0.1) is 6.10 Å². The molecule has 3 atom stereocenters. The van der Waals surface area contributed by atoms with Crippen LogP contribution >= 0.6 is 0 Å². The third-order valence-corrected chi connectivity index (χ3v) is 3.86. The lowest BCUT2D eigenvalue weighted by Gasteiger charge is -2.30. The topological polar surface area (TPSA) is 110 Å². The number of likely N-dealkylation sites (N-methyl/N-ethyl adjacent to an activating group) is 1. The Kier molecular flexibility index (Phi) is 4.12. The van der Waals surface area contributed by atoms with Gasteiger partial charge in [-0.1, -0.05) is 0 Å². The number of hydrogen-bond donors (Lipinski definition) is 3. The molecular weight excluding hydrogens is 266 g/mol. The molecular formula is C12H19N3O5. The van der Waals surface area contributed by atoms with E-state index in [1.807, 2.05) is 0 Å². The summed E-state index contributed by atoms with van der Waals surface area (Å²) in [6.07, 6.45) is 0.470. The molecule has 2 heterocycles. The Labute approximate surface area is 116 Å². The quantitative estimate of drug-likeness (QED) is 0.592. The van der Waals surface area contributed by atoms with Gasteiger partial charge < -0.3 is 25.3 Å². The Morgan fingerprint density at radius 1 is 1.20 bits per heavy atom. The number of rotatable bonds is 2. The number of aliphatic hydroxyl groups is 1. The summed E-state index contributed by atoms with van der Waals surface area (Å²) in [5.74, 6) is -1.38. The molecule has 8 nitrogen and oxygen atoms in total. The van der Waals surface area contributed by atoms with Crippen LogP contribution in [0.15, 0.2) is 0 Å². The van der Waals surface area contributed by atoms with Crippen LogP contribution in [0, 0.1) is 0 Å². The van der Waals surface area contributed by atoms with E-state index in [-0.39, 0.29) is 18.9 Å². The second kappa shape index (κ2) is 5.66. The first-order valence-corrected chi connectivity index (χ1v) is 6.65. The first kappa shape index (κ1) is 14.6. The van der Waals surface area contributed by atoms with Crippen LogP contribution in [0.2, 0.25) is 0 Å². The average molecular weight is 285 g/mol. The summed E-state index contributed by atoms with van der Waals surface area (Å²) < 4.78 is 0. The number of urea groups is 1. The van der Waals surface area contributed by atoms with Crippen molar-refractivity contribution in [2.75, 3.05) is 20.1 Å². The van der Waals surface area contributed by atoms with Crippen LogP contribution in [0.1, 0.15) is 19.3 Å². The minimum atomic E-state index is -1.13. The number of amides is 3. The van der Waals surface area contributed by atoms with Gasteiger partial charge in [-0.15, -0.1) is 0 Å². The number of carboxylic acid groups (broad SMARTS) is 1. The van der Waals surface area contributed by atoms with Crippen molar-refractivity contribution in [1.29, 1.82) is 0 Å². The summed E-state index contributed by atoms with van der Waals surface area (Å²) in [6.45, 7) is 0.419. The summed E-state index contributed by atoms with van der Waals surface area (Å²) in [5, 5.41) is 21.2. The van der Waals surface area contributed by atoms with Crippen LogP contribution in [0.5, 0.6) is 0 Å². The first-order chi connectivity index (χ1) is 9.45. The van der Waals surface area contributed by atoms with Crippen LogP contribution in [-0.4, -0.2) is 76.2 Å². The third kappa shape index (κ3) is 2.55. The molecule has 0 bridgehead atoms. The highest BCUT2D eigenvalue weighted by Crippen LogP contribution is 2.25. The maximum absolute atomic E-state index is 12.4. The Hall–Kier alpha value is -1.83. The number of aliphatic hydroxyl groups excluding tert-OH is 1. The molecule has 8 heteroatoms. The summed E-state index contributed by atoms with van der Waals surface area (Å²) in [7, 11) is 1.50. The van der Waals surface area contributed by atoms with Gasteiger partial charge in [-0.05, 0) is 12.8 Å². The standard InChI is InChI=1S/C12H19N3O5/c1-13-10(17)8-3-2-4-14(8)12(20)15-6-7(16)5-9(15)11(18)19/h7-9,16H,2-6H2,1H3,(H,13,17)(H,18,19)/t7-,8?,9+/m1/s1. The second-order valence-corrected chi connectivity index (χ2v) is 5.14. The van der Waals surface area contributed by atoms with E-state index in [9.17, 15) is 19.5 Å². The largest absolute Gasteiger partial charge is 0.480 e. The lowest BCUT2D eigenvalue weighted by Crippen LogP contribution is -2.53.